The van der Waals surface area contributed by atoms with Crippen LogP contribution in [0.5, 0.6) is 0 Å². The second kappa shape index (κ2) is 5.90. The van der Waals surface area contributed by atoms with Gasteiger partial charge in [0.1, 0.15) is 0 Å². The van der Waals surface area contributed by atoms with Crippen molar-refractivity contribution in [1.29, 1.82) is 0 Å². The van der Waals surface area contributed by atoms with Crippen LogP contribution in [0.25, 0.3) is 0 Å². The van der Waals surface area contributed by atoms with E-state index in [2.05, 4.69) is 10.2 Å². The second-order valence-electron chi connectivity index (χ2n) is 3.08. The van der Waals surface area contributed by atoms with E-state index in [1.165, 1.54) is 0 Å². The van der Waals surface area contributed by atoms with Crippen LogP contribution in [0.2, 0.25) is 0 Å². The van der Waals surface area contributed by atoms with Crippen LogP contribution in [0.3, 0.4) is 0 Å². The zero-order valence-electron chi connectivity index (χ0n) is 8.68. The zero-order valence-corrected chi connectivity index (χ0v) is 8.68. The Balaban J connectivity index is 2.58. The Kier molecular flexibility index (Phi) is 4.47. The quantitative estimate of drug-likeness (QED) is 0.752. The third-order valence-electron chi connectivity index (χ3n) is 1.92. The topological polar surface area (TPSA) is 62.0 Å². The number of carbonyl (C=O) groups is 1. The molecule has 1 aromatic carbocycles. The Labute approximate surface area is 88.7 Å². The molecule has 0 heterocycles. The largest absolute Gasteiger partial charge is 0.478 e. The average molecular weight is 206 g/mol. The number of aromatic carboxylic acids is 1. The highest BCUT2D eigenvalue weighted by Crippen LogP contribution is 2.06. The summed E-state index contributed by atoms with van der Waals surface area (Å²) in [6.07, 6.45) is 0.727. The summed E-state index contributed by atoms with van der Waals surface area (Å²) in [6, 6.07) is 6.90. The van der Waals surface area contributed by atoms with Crippen molar-refractivity contribution in [1.82, 2.24) is 0 Å². The van der Waals surface area contributed by atoms with Gasteiger partial charge in [-0.25, -0.2) is 4.79 Å². The highest BCUT2D eigenvalue weighted by atomic mass is 16.4. The van der Waals surface area contributed by atoms with Crippen molar-refractivity contribution in [2.24, 2.45) is 10.2 Å². The third kappa shape index (κ3) is 3.89. The van der Waals surface area contributed by atoms with E-state index in [0.29, 0.717) is 18.7 Å². The first-order chi connectivity index (χ1) is 7.24. The maximum atomic E-state index is 10.7. The molecule has 0 unspecified atom stereocenters. The van der Waals surface area contributed by atoms with E-state index in [1.54, 1.807) is 18.2 Å². The minimum absolute atomic E-state index is 0.319. The van der Waals surface area contributed by atoms with Gasteiger partial charge in [-0.1, -0.05) is 12.1 Å². The number of benzene rings is 1. The van der Waals surface area contributed by atoms with Gasteiger partial charge in [-0.05, 0) is 31.0 Å². The van der Waals surface area contributed by atoms with Gasteiger partial charge in [-0.15, -0.1) is 0 Å². The Morgan fingerprint density at radius 3 is 2.87 bits per heavy atom. The highest BCUT2D eigenvalue weighted by molar-refractivity contribution is 5.87. The van der Waals surface area contributed by atoms with E-state index >= 15 is 0 Å². The lowest BCUT2D eigenvalue weighted by Crippen LogP contribution is -1.98. The molecule has 0 saturated heterocycles. The molecule has 4 heteroatoms. The number of hydrogen-bond acceptors (Lipinski definition) is 3. The van der Waals surface area contributed by atoms with Crippen LogP contribution in [-0.4, -0.2) is 24.2 Å². The summed E-state index contributed by atoms with van der Waals surface area (Å²) in [5.74, 6) is -0.896. The number of carboxylic acid groups (broad SMARTS) is 1. The van der Waals surface area contributed by atoms with Crippen LogP contribution in [0, 0.1) is 0 Å². The Hall–Kier alpha value is -1.71. The molecule has 0 fully saturated rings. The van der Waals surface area contributed by atoms with Crippen molar-refractivity contribution >= 4 is 5.97 Å². The lowest BCUT2D eigenvalue weighted by atomic mass is 10.1. The maximum Gasteiger partial charge on any atom is 0.335 e. The van der Waals surface area contributed by atoms with Crippen molar-refractivity contribution in [3.8, 4) is 0 Å². The molecule has 4 nitrogen and oxygen atoms in total. The van der Waals surface area contributed by atoms with Crippen LogP contribution in [-0.2, 0) is 6.42 Å². The van der Waals surface area contributed by atoms with E-state index in [9.17, 15) is 4.79 Å². The molecule has 0 radical (unpaired) electrons. The fourth-order valence-electron chi connectivity index (χ4n) is 1.21. The SMILES string of the molecule is CCN=NCCc1cccc(C(=O)O)c1. The van der Waals surface area contributed by atoms with Gasteiger partial charge < -0.3 is 5.11 Å². The molecule has 0 bridgehead atoms. The van der Waals surface area contributed by atoms with Gasteiger partial charge in [0.2, 0.25) is 0 Å². The number of hydrogen-bond donors (Lipinski definition) is 1. The lowest BCUT2D eigenvalue weighted by molar-refractivity contribution is 0.0697. The normalized spacial score (nSPS) is 10.7. The van der Waals surface area contributed by atoms with Gasteiger partial charge in [-0.2, -0.15) is 10.2 Å². The first-order valence-corrected chi connectivity index (χ1v) is 4.89. The van der Waals surface area contributed by atoms with Crippen LogP contribution in [0.4, 0.5) is 0 Å². The summed E-state index contributed by atoms with van der Waals surface area (Å²) in [7, 11) is 0. The first-order valence-electron chi connectivity index (χ1n) is 4.89. The van der Waals surface area contributed by atoms with Crippen LogP contribution >= 0.6 is 0 Å². The lowest BCUT2D eigenvalue weighted by Gasteiger charge is -1.99. The third-order valence-corrected chi connectivity index (χ3v) is 1.92. The molecule has 0 aromatic heterocycles. The summed E-state index contributed by atoms with van der Waals surface area (Å²) in [6.45, 7) is 3.22. The van der Waals surface area contributed by atoms with Gasteiger partial charge in [0.15, 0.2) is 0 Å². The maximum absolute atomic E-state index is 10.7. The Morgan fingerprint density at radius 2 is 2.20 bits per heavy atom. The van der Waals surface area contributed by atoms with Gasteiger partial charge in [0.25, 0.3) is 0 Å². The molecule has 0 saturated carbocycles. The van der Waals surface area contributed by atoms with E-state index in [-0.39, 0.29) is 0 Å². The van der Waals surface area contributed by atoms with Crippen molar-refractivity contribution in [2.75, 3.05) is 13.1 Å². The monoisotopic (exact) mass is 206 g/mol. The molecule has 0 aliphatic heterocycles. The van der Waals surface area contributed by atoms with Crippen molar-refractivity contribution in [3.05, 3.63) is 35.4 Å². The molecule has 1 N–H and O–H groups in total. The fraction of sp³-hybridized carbons (Fsp3) is 0.364. The van der Waals surface area contributed by atoms with Crippen LogP contribution in [0.1, 0.15) is 22.8 Å². The van der Waals surface area contributed by atoms with Crippen LogP contribution in [0.15, 0.2) is 34.5 Å². The van der Waals surface area contributed by atoms with Gasteiger partial charge in [0, 0.05) is 0 Å². The minimum Gasteiger partial charge on any atom is -0.478 e. The molecular weight excluding hydrogens is 192 g/mol. The molecule has 1 aromatic rings. The number of rotatable bonds is 5. The average Bonchev–Trinajstić information content (AvgIpc) is 2.25. The van der Waals surface area contributed by atoms with Crippen molar-refractivity contribution in [3.63, 3.8) is 0 Å². The zero-order chi connectivity index (χ0) is 11.1. The van der Waals surface area contributed by atoms with Crippen molar-refractivity contribution in [2.45, 2.75) is 13.3 Å². The number of nitrogens with zero attached hydrogens (tertiary/aromatic N) is 2. The van der Waals surface area contributed by atoms with E-state index in [1.807, 2.05) is 13.0 Å². The molecule has 0 amide bonds. The summed E-state index contributed by atoms with van der Waals surface area (Å²) in [5.41, 5.74) is 1.30. The van der Waals surface area contributed by atoms with Gasteiger partial charge in [0.05, 0.1) is 18.7 Å². The van der Waals surface area contributed by atoms with E-state index in [4.69, 9.17) is 5.11 Å². The predicted octanol–water partition coefficient (Wildman–Crippen LogP) is 2.40. The number of carboxylic acids is 1. The minimum atomic E-state index is -0.896. The molecule has 0 spiro atoms. The van der Waals surface area contributed by atoms with E-state index < -0.39 is 5.97 Å². The van der Waals surface area contributed by atoms with Crippen LogP contribution < -0.4 is 0 Å². The first kappa shape index (κ1) is 11.4. The van der Waals surface area contributed by atoms with E-state index in [0.717, 1.165) is 12.0 Å². The Morgan fingerprint density at radius 1 is 1.40 bits per heavy atom. The number of azo groups is 1. The summed E-state index contributed by atoms with van der Waals surface area (Å²) in [5, 5.41) is 16.6. The second-order valence-corrected chi connectivity index (χ2v) is 3.08. The molecular formula is C11H14N2O2. The highest BCUT2D eigenvalue weighted by Gasteiger charge is 2.02. The molecule has 0 aliphatic rings. The smallest absolute Gasteiger partial charge is 0.335 e. The predicted molar refractivity (Wildman–Crippen MR) is 57.4 cm³/mol. The standard InChI is InChI=1S/C11H14N2O2/c1-2-12-13-7-6-9-4-3-5-10(8-9)11(14)15/h3-5,8H,2,6-7H2,1H3,(H,14,15). The molecule has 0 atom stereocenters. The Bertz CT molecular complexity index is 361. The van der Waals surface area contributed by atoms with Crippen molar-refractivity contribution < 1.29 is 9.90 Å². The van der Waals surface area contributed by atoms with Gasteiger partial charge >= 0.3 is 5.97 Å². The fourth-order valence-corrected chi connectivity index (χ4v) is 1.21. The summed E-state index contributed by atoms with van der Waals surface area (Å²) >= 11 is 0. The summed E-state index contributed by atoms with van der Waals surface area (Å²) in [4.78, 5) is 10.7. The molecule has 80 valence electrons. The molecule has 0 aliphatic carbocycles. The molecule has 15 heavy (non-hydrogen) atoms. The summed E-state index contributed by atoms with van der Waals surface area (Å²) < 4.78 is 0. The van der Waals surface area contributed by atoms with Gasteiger partial charge in [-0.3, -0.25) is 0 Å². The molecule has 1 rings (SSSR count).